The molecule has 3 heteroatoms. The minimum atomic E-state index is 0.464. The lowest BCUT2D eigenvalue weighted by atomic mass is 10.2. The molecule has 0 aromatic rings. The predicted molar refractivity (Wildman–Crippen MR) is 71.3 cm³/mol. The van der Waals surface area contributed by atoms with Gasteiger partial charge in [-0.2, -0.15) is 0 Å². The van der Waals surface area contributed by atoms with Crippen LogP contribution in [0.2, 0.25) is 0 Å². The van der Waals surface area contributed by atoms with Gasteiger partial charge in [0, 0.05) is 19.6 Å². The van der Waals surface area contributed by atoms with Gasteiger partial charge in [0.15, 0.2) is 0 Å². The van der Waals surface area contributed by atoms with E-state index in [1.165, 1.54) is 38.8 Å². The van der Waals surface area contributed by atoms with E-state index in [0.29, 0.717) is 12.2 Å². The van der Waals surface area contributed by atoms with Crippen LogP contribution in [-0.2, 0) is 4.74 Å². The lowest BCUT2D eigenvalue weighted by molar-refractivity contribution is 0.0271. The maximum atomic E-state index is 6.10. The van der Waals surface area contributed by atoms with Crippen molar-refractivity contribution in [1.29, 1.82) is 0 Å². The fourth-order valence-electron chi connectivity index (χ4n) is 2.98. The van der Waals surface area contributed by atoms with Crippen LogP contribution in [0.1, 0.15) is 39.5 Å². The standard InChI is InChI=1S/C14H28N2O/c1-3-7-15-9-13-4-5-14(17-13)11-16-8-6-12(2)10-16/h12-15H,3-11H2,1-2H3. The van der Waals surface area contributed by atoms with Gasteiger partial charge < -0.3 is 15.0 Å². The van der Waals surface area contributed by atoms with Crippen molar-refractivity contribution >= 4 is 0 Å². The van der Waals surface area contributed by atoms with Gasteiger partial charge >= 0.3 is 0 Å². The number of ether oxygens (including phenoxy) is 1. The molecule has 2 heterocycles. The molecular weight excluding hydrogens is 212 g/mol. The Morgan fingerprint density at radius 1 is 1.24 bits per heavy atom. The van der Waals surface area contributed by atoms with E-state index in [9.17, 15) is 0 Å². The zero-order valence-corrected chi connectivity index (χ0v) is 11.5. The van der Waals surface area contributed by atoms with Crippen LogP contribution < -0.4 is 5.32 Å². The third kappa shape index (κ3) is 4.23. The zero-order valence-electron chi connectivity index (χ0n) is 11.5. The molecule has 0 aromatic carbocycles. The van der Waals surface area contributed by atoms with Gasteiger partial charge in [-0.3, -0.25) is 0 Å². The third-order valence-corrected chi connectivity index (χ3v) is 3.96. The normalized spacial score (nSPS) is 34.6. The first kappa shape index (κ1) is 13.3. The molecular formula is C14H28N2O. The summed E-state index contributed by atoms with van der Waals surface area (Å²) in [5, 5.41) is 3.46. The molecule has 100 valence electrons. The van der Waals surface area contributed by atoms with E-state index >= 15 is 0 Å². The Kier molecular flexibility index (Phi) is 5.26. The van der Waals surface area contributed by atoms with E-state index in [1.807, 2.05) is 0 Å². The average molecular weight is 240 g/mol. The monoisotopic (exact) mass is 240 g/mol. The summed E-state index contributed by atoms with van der Waals surface area (Å²) in [6.07, 6.45) is 6.03. The Balaban J connectivity index is 1.61. The molecule has 0 amide bonds. The Morgan fingerprint density at radius 3 is 2.76 bits per heavy atom. The molecule has 0 radical (unpaired) electrons. The minimum Gasteiger partial charge on any atom is -0.372 e. The quantitative estimate of drug-likeness (QED) is 0.717. The molecule has 17 heavy (non-hydrogen) atoms. The lowest BCUT2D eigenvalue weighted by Crippen LogP contribution is -2.32. The number of nitrogens with zero attached hydrogens (tertiary/aromatic N) is 1. The third-order valence-electron chi connectivity index (χ3n) is 3.96. The highest BCUT2D eigenvalue weighted by Gasteiger charge is 2.28. The van der Waals surface area contributed by atoms with Crippen LogP contribution in [0, 0.1) is 5.92 Å². The van der Waals surface area contributed by atoms with Crippen LogP contribution in [0.4, 0.5) is 0 Å². The van der Waals surface area contributed by atoms with Crippen molar-refractivity contribution in [2.45, 2.75) is 51.7 Å². The molecule has 0 bridgehead atoms. The van der Waals surface area contributed by atoms with Gasteiger partial charge in [-0.25, -0.2) is 0 Å². The Labute approximate surface area is 106 Å². The van der Waals surface area contributed by atoms with Gasteiger partial charge in [-0.05, 0) is 44.7 Å². The second-order valence-corrected chi connectivity index (χ2v) is 5.81. The highest BCUT2D eigenvalue weighted by Crippen LogP contribution is 2.23. The van der Waals surface area contributed by atoms with E-state index in [0.717, 1.165) is 25.6 Å². The second kappa shape index (κ2) is 6.72. The maximum Gasteiger partial charge on any atom is 0.0707 e. The predicted octanol–water partition coefficient (Wildman–Crippen LogP) is 1.88. The van der Waals surface area contributed by atoms with Crippen molar-refractivity contribution in [2.24, 2.45) is 5.92 Å². The van der Waals surface area contributed by atoms with Crippen LogP contribution in [-0.4, -0.2) is 49.8 Å². The van der Waals surface area contributed by atoms with Gasteiger partial charge in [0.25, 0.3) is 0 Å². The lowest BCUT2D eigenvalue weighted by Gasteiger charge is -2.20. The first-order chi connectivity index (χ1) is 8.28. The highest BCUT2D eigenvalue weighted by molar-refractivity contribution is 4.81. The second-order valence-electron chi connectivity index (χ2n) is 5.81. The van der Waals surface area contributed by atoms with Gasteiger partial charge in [-0.15, -0.1) is 0 Å². The molecule has 0 aromatic heterocycles. The summed E-state index contributed by atoms with van der Waals surface area (Å²) in [4.78, 5) is 2.58. The van der Waals surface area contributed by atoms with E-state index in [-0.39, 0.29) is 0 Å². The first-order valence-electron chi connectivity index (χ1n) is 7.36. The van der Waals surface area contributed by atoms with Crippen LogP contribution in [0.25, 0.3) is 0 Å². The average Bonchev–Trinajstić information content (AvgIpc) is 2.90. The summed E-state index contributed by atoms with van der Waals surface area (Å²) in [5.41, 5.74) is 0. The van der Waals surface area contributed by atoms with Gasteiger partial charge in [0.1, 0.15) is 0 Å². The number of rotatable bonds is 6. The molecule has 2 aliphatic heterocycles. The van der Waals surface area contributed by atoms with Crippen molar-refractivity contribution in [3.8, 4) is 0 Å². The van der Waals surface area contributed by atoms with E-state index in [1.54, 1.807) is 0 Å². The minimum absolute atomic E-state index is 0.464. The number of hydrogen-bond donors (Lipinski definition) is 1. The zero-order chi connectivity index (χ0) is 12.1. The number of hydrogen-bond acceptors (Lipinski definition) is 3. The first-order valence-corrected chi connectivity index (χ1v) is 7.36. The van der Waals surface area contributed by atoms with Crippen LogP contribution in [0.5, 0.6) is 0 Å². The van der Waals surface area contributed by atoms with Crippen LogP contribution in [0.3, 0.4) is 0 Å². The highest BCUT2D eigenvalue weighted by atomic mass is 16.5. The largest absolute Gasteiger partial charge is 0.372 e. The van der Waals surface area contributed by atoms with Crippen LogP contribution in [0.15, 0.2) is 0 Å². The van der Waals surface area contributed by atoms with Gasteiger partial charge in [-0.1, -0.05) is 13.8 Å². The summed E-state index contributed by atoms with van der Waals surface area (Å²) in [7, 11) is 0. The Bertz CT molecular complexity index is 222. The Hall–Kier alpha value is -0.120. The molecule has 0 saturated carbocycles. The topological polar surface area (TPSA) is 24.5 Å². The van der Waals surface area contributed by atoms with E-state index in [4.69, 9.17) is 4.74 Å². The molecule has 3 nitrogen and oxygen atoms in total. The summed E-state index contributed by atoms with van der Waals surface area (Å²) in [6, 6.07) is 0. The fourth-order valence-corrected chi connectivity index (χ4v) is 2.98. The fraction of sp³-hybridized carbons (Fsp3) is 1.00. The molecule has 2 fully saturated rings. The summed E-state index contributed by atoms with van der Waals surface area (Å²) in [6.45, 7) is 10.4. The molecule has 3 unspecified atom stereocenters. The molecule has 2 saturated heterocycles. The maximum absolute atomic E-state index is 6.10. The van der Waals surface area contributed by atoms with Crippen molar-refractivity contribution < 1.29 is 4.74 Å². The van der Waals surface area contributed by atoms with E-state index in [2.05, 4.69) is 24.1 Å². The van der Waals surface area contributed by atoms with Crippen molar-refractivity contribution in [2.75, 3.05) is 32.7 Å². The van der Waals surface area contributed by atoms with Gasteiger partial charge in [0.05, 0.1) is 12.2 Å². The number of likely N-dealkylation sites (tertiary alicyclic amines) is 1. The molecule has 2 aliphatic rings. The molecule has 3 atom stereocenters. The van der Waals surface area contributed by atoms with Crippen molar-refractivity contribution in [1.82, 2.24) is 10.2 Å². The molecule has 1 N–H and O–H groups in total. The molecule has 2 rings (SSSR count). The summed E-state index contributed by atoms with van der Waals surface area (Å²) in [5.74, 6) is 0.887. The van der Waals surface area contributed by atoms with Crippen molar-refractivity contribution in [3.05, 3.63) is 0 Å². The SMILES string of the molecule is CCCNCC1CCC(CN2CCC(C)C2)O1. The molecule has 0 aliphatic carbocycles. The smallest absolute Gasteiger partial charge is 0.0707 e. The van der Waals surface area contributed by atoms with Crippen LogP contribution >= 0.6 is 0 Å². The van der Waals surface area contributed by atoms with Crippen molar-refractivity contribution in [3.63, 3.8) is 0 Å². The van der Waals surface area contributed by atoms with Gasteiger partial charge in [0.2, 0.25) is 0 Å². The summed E-state index contributed by atoms with van der Waals surface area (Å²) >= 11 is 0. The Morgan fingerprint density at radius 2 is 2.06 bits per heavy atom. The number of nitrogens with one attached hydrogen (secondary N) is 1. The van der Waals surface area contributed by atoms with E-state index < -0.39 is 0 Å². The summed E-state index contributed by atoms with van der Waals surface area (Å²) < 4.78 is 6.10. The molecule has 0 spiro atoms.